The molecule has 1 aromatic carbocycles. The van der Waals surface area contributed by atoms with Crippen LogP contribution in [0.1, 0.15) is 18.4 Å². The predicted molar refractivity (Wildman–Crippen MR) is 74.7 cm³/mol. The maximum absolute atomic E-state index is 11.6. The van der Waals surface area contributed by atoms with E-state index in [2.05, 4.69) is 5.32 Å². The number of carbonyl (C=O) groups is 3. The second-order valence-corrected chi connectivity index (χ2v) is 4.54. The zero-order valence-corrected chi connectivity index (χ0v) is 11.7. The first-order valence-electron chi connectivity index (χ1n) is 6.38. The number of rotatable bonds is 8. The number of amides is 2. The largest absolute Gasteiger partial charge is 0.493 e. The van der Waals surface area contributed by atoms with Crippen molar-refractivity contribution in [2.45, 2.75) is 25.8 Å². The highest BCUT2D eigenvalue weighted by atomic mass is 16.5. The van der Waals surface area contributed by atoms with Crippen molar-refractivity contribution >= 4 is 17.8 Å². The second kappa shape index (κ2) is 7.88. The van der Waals surface area contributed by atoms with Crippen molar-refractivity contribution in [1.29, 1.82) is 0 Å². The number of carboxylic acid groups (broad SMARTS) is 1. The molecule has 114 valence electrons. The molecule has 0 spiro atoms. The summed E-state index contributed by atoms with van der Waals surface area (Å²) in [4.78, 5) is 33.1. The van der Waals surface area contributed by atoms with Gasteiger partial charge in [0.25, 0.3) is 0 Å². The lowest BCUT2D eigenvalue weighted by molar-refractivity contribution is -0.143. The highest BCUT2D eigenvalue weighted by Gasteiger charge is 2.21. The van der Waals surface area contributed by atoms with Gasteiger partial charge in [-0.05, 0) is 24.6 Å². The Hall–Kier alpha value is -2.57. The lowest BCUT2D eigenvalue weighted by Crippen LogP contribution is -2.43. The lowest BCUT2D eigenvalue weighted by Gasteiger charge is -2.13. The van der Waals surface area contributed by atoms with Crippen LogP contribution in [0.5, 0.6) is 5.75 Å². The molecule has 21 heavy (non-hydrogen) atoms. The van der Waals surface area contributed by atoms with E-state index in [4.69, 9.17) is 15.6 Å². The molecular weight excluding hydrogens is 276 g/mol. The Balaban J connectivity index is 2.39. The maximum Gasteiger partial charge on any atom is 0.326 e. The quantitative estimate of drug-likeness (QED) is 0.633. The predicted octanol–water partition coefficient (Wildman–Crippen LogP) is 0.209. The molecule has 0 saturated heterocycles. The number of carbonyl (C=O) groups excluding carboxylic acids is 2. The molecule has 0 fully saturated rings. The Morgan fingerprint density at radius 1 is 1.38 bits per heavy atom. The van der Waals surface area contributed by atoms with Gasteiger partial charge in [0.05, 0.1) is 19.4 Å². The number of aliphatic carboxylic acids is 1. The van der Waals surface area contributed by atoms with Crippen molar-refractivity contribution in [3.05, 3.63) is 29.8 Å². The van der Waals surface area contributed by atoms with Gasteiger partial charge in [0.2, 0.25) is 11.8 Å². The zero-order chi connectivity index (χ0) is 15.8. The Kier molecular flexibility index (Phi) is 6.19. The van der Waals surface area contributed by atoms with Gasteiger partial charge in [-0.3, -0.25) is 9.59 Å². The third-order valence-electron chi connectivity index (χ3n) is 2.63. The Labute approximate surface area is 122 Å². The first kappa shape index (κ1) is 16.5. The topological polar surface area (TPSA) is 119 Å². The summed E-state index contributed by atoms with van der Waals surface area (Å²) in [5.41, 5.74) is 5.95. The fraction of sp³-hybridized carbons (Fsp3) is 0.357. The van der Waals surface area contributed by atoms with E-state index in [1.165, 1.54) is 0 Å². The van der Waals surface area contributed by atoms with Crippen LogP contribution in [0.3, 0.4) is 0 Å². The summed E-state index contributed by atoms with van der Waals surface area (Å²) in [6, 6.07) is 6.02. The molecule has 7 nitrogen and oxygen atoms in total. The van der Waals surface area contributed by atoms with E-state index < -0.39 is 30.2 Å². The van der Waals surface area contributed by atoms with E-state index in [0.717, 1.165) is 5.56 Å². The molecule has 0 saturated carbocycles. The molecule has 7 heteroatoms. The standard InChI is InChI=1S/C14H18N2O5/c1-9-3-2-4-10(7-9)21-6-5-13(18)16-11(14(19)20)8-12(15)17/h2-4,7,11H,5-6,8H2,1H3,(H2,15,17)(H,16,18)(H,19,20). The molecule has 1 unspecified atom stereocenters. The monoisotopic (exact) mass is 294 g/mol. The number of primary amides is 1. The summed E-state index contributed by atoms with van der Waals surface area (Å²) in [5, 5.41) is 11.1. The first-order valence-corrected chi connectivity index (χ1v) is 6.38. The third-order valence-corrected chi connectivity index (χ3v) is 2.63. The van der Waals surface area contributed by atoms with Gasteiger partial charge in [-0.2, -0.15) is 0 Å². The summed E-state index contributed by atoms with van der Waals surface area (Å²) < 4.78 is 5.38. The van der Waals surface area contributed by atoms with Crippen LogP contribution in [-0.2, 0) is 14.4 Å². The van der Waals surface area contributed by atoms with Crippen molar-refractivity contribution in [1.82, 2.24) is 5.32 Å². The van der Waals surface area contributed by atoms with E-state index in [1.54, 1.807) is 6.07 Å². The number of nitrogens with two attached hydrogens (primary N) is 1. The first-order chi connectivity index (χ1) is 9.88. The number of carboxylic acids is 1. The van der Waals surface area contributed by atoms with Crippen molar-refractivity contribution < 1.29 is 24.2 Å². The maximum atomic E-state index is 11.6. The van der Waals surface area contributed by atoms with Gasteiger partial charge < -0.3 is 20.9 Å². The van der Waals surface area contributed by atoms with Crippen LogP contribution in [0.25, 0.3) is 0 Å². The van der Waals surface area contributed by atoms with Crippen LogP contribution in [0.15, 0.2) is 24.3 Å². The number of benzene rings is 1. The van der Waals surface area contributed by atoms with Gasteiger partial charge in [0, 0.05) is 0 Å². The average Bonchev–Trinajstić information content (AvgIpc) is 2.37. The van der Waals surface area contributed by atoms with E-state index in [9.17, 15) is 14.4 Å². The fourth-order valence-corrected chi connectivity index (χ4v) is 1.63. The number of hydrogen-bond donors (Lipinski definition) is 3. The number of aryl methyl sites for hydroxylation is 1. The summed E-state index contributed by atoms with van der Waals surface area (Å²) in [7, 11) is 0. The van der Waals surface area contributed by atoms with Crippen molar-refractivity contribution in [3.8, 4) is 5.75 Å². The van der Waals surface area contributed by atoms with Crippen LogP contribution < -0.4 is 15.8 Å². The lowest BCUT2D eigenvalue weighted by atomic mass is 10.2. The molecule has 1 rings (SSSR count). The summed E-state index contributed by atoms with van der Waals surface area (Å²) >= 11 is 0. The van der Waals surface area contributed by atoms with Crippen molar-refractivity contribution in [3.63, 3.8) is 0 Å². The van der Waals surface area contributed by atoms with E-state index >= 15 is 0 Å². The molecule has 0 aromatic heterocycles. The van der Waals surface area contributed by atoms with Crippen LogP contribution in [0, 0.1) is 6.92 Å². The highest BCUT2D eigenvalue weighted by molar-refractivity contribution is 5.88. The normalized spacial score (nSPS) is 11.5. The summed E-state index contributed by atoms with van der Waals surface area (Å²) in [5.74, 6) is -1.98. The Morgan fingerprint density at radius 3 is 2.67 bits per heavy atom. The minimum Gasteiger partial charge on any atom is -0.493 e. The summed E-state index contributed by atoms with van der Waals surface area (Å²) in [6.07, 6.45) is -0.462. The molecule has 4 N–H and O–H groups in total. The number of hydrogen-bond acceptors (Lipinski definition) is 4. The number of nitrogens with one attached hydrogen (secondary N) is 1. The molecule has 2 amide bonds. The minimum absolute atomic E-state index is 0.0174. The molecule has 0 bridgehead atoms. The minimum atomic E-state index is -1.31. The smallest absolute Gasteiger partial charge is 0.326 e. The highest BCUT2D eigenvalue weighted by Crippen LogP contribution is 2.12. The molecule has 0 aliphatic heterocycles. The Morgan fingerprint density at radius 2 is 2.10 bits per heavy atom. The SMILES string of the molecule is Cc1cccc(OCCC(=O)NC(CC(N)=O)C(=O)O)c1. The third kappa shape index (κ3) is 6.42. The Bertz CT molecular complexity index is 530. The molecule has 1 atom stereocenters. The van der Waals surface area contributed by atoms with Gasteiger partial charge in [-0.1, -0.05) is 12.1 Å². The zero-order valence-electron chi connectivity index (χ0n) is 11.7. The number of ether oxygens (including phenoxy) is 1. The van der Waals surface area contributed by atoms with Crippen LogP contribution in [0.4, 0.5) is 0 Å². The average molecular weight is 294 g/mol. The molecular formula is C14H18N2O5. The molecule has 1 aromatic rings. The van der Waals surface area contributed by atoms with E-state index in [-0.39, 0.29) is 13.0 Å². The molecule has 0 aliphatic rings. The van der Waals surface area contributed by atoms with Gasteiger partial charge in [0.15, 0.2) is 0 Å². The van der Waals surface area contributed by atoms with Crippen LogP contribution in [-0.4, -0.2) is 35.5 Å². The van der Waals surface area contributed by atoms with Gasteiger partial charge in [0.1, 0.15) is 11.8 Å². The van der Waals surface area contributed by atoms with Gasteiger partial charge in [-0.15, -0.1) is 0 Å². The van der Waals surface area contributed by atoms with Gasteiger partial charge in [-0.25, -0.2) is 4.79 Å². The van der Waals surface area contributed by atoms with Crippen LogP contribution >= 0.6 is 0 Å². The second-order valence-electron chi connectivity index (χ2n) is 4.54. The summed E-state index contributed by atoms with van der Waals surface area (Å²) in [6.45, 7) is 2.03. The van der Waals surface area contributed by atoms with E-state index in [0.29, 0.717) is 5.75 Å². The molecule has 0 aliphatic carbocycles. The van der Waals surface area contributed by atoms with Crippen molar-refractivity contribution in [2.24, 2.45) is 5.73 Å². The van der Waals surface area contributed by atoms with Crippen molar-refractivity contribution in [2.75, 3.05) is 6.61 Å². The molecule has 0 radical (unpaired) electrons. The van der Waals surface area contributed by atoms with E-state index in [1.807, 2.05) is 25.1 Å². The van der Waals surface area contributed by atoms with Crippen LogP contribution in [0.2, 0.25) is 0 Å². The fourth-order valence-electron chi connectivity index (χ4n) is 1.63. The molecule has 0 heterocycles. The van der Waals surface area contributed by atoms with Gasteiger partial charge >= 0.3 is 5.97 Å².